The molecule has 0 aliphatic heterocycles. The second-order valence-electron chi connectivity index (χ2n) is 5.94. The summed E-state index contributed by atoms with van der Waals surface area (Å²) in [5.41, 5.74) is 5.83. The van der Waals surface area contributed by atoms with Crippen LogP contribution in [-0.4, -0.2) is 17.4 Å². The lowest BCUT2D eigenvalue weighted by Gasteiger charge is -2.30. The van der Waals surface area contributed by atoms with E-state index in [2.05, 4.69) is 31.1 Å². The van der Waals surface area contributed by atoms with E-state index < -0.39 is 0 Å². The smallest absolute Gasteiger partial charge is 0.225 e. The summed E-state index contributed by atoms with van der Waals surface area (Å²) < 4.78 is 0. The molecule has 1 aromatic rings. The summed E-state index contributed by atoms with van der Waals surface area (Å²) in [6.07, 6.45) is 4.00. The van der Waals surface area contributed by atoms with Crippen molar-refractivity contribution in [2.45, 2.75) is 40.0 Å². The summed E-state index contributed by atoms with van der Waals surface area (Å²) in [4.78, 5) is 15.9. The van der Waals surface area contributed by atoms with Gasteiger partial charge in [0, 0.05) is 12.6 Å². The summed E-state index contributed by atoms with van der Waals surface area (Å²) in [5, 5.41) is 2.81. The van der Waals surface area contributed by atoms with E-state index in [1.165, 1.54) is 0 Å². The maximum Gasteiger partial charge on any atom is 0.225 e. The van der Waals surface area contributed by atoms with Gasteiger partial charge in [-0.3, -0.25) is 4.79 Å². The molecule has 1 aromatic heterocycles. The molecular formula is C15H25N3O. The second kappa shape index (κ2) is 7.24. The molecule has 0 aromatic carbocycles. The fraction of sp³-hybridized carbons (Fsp3) is 0.600. The van der Waals surface area contributed by atoms with Gasteiger partial charge in [-0.15, -0.1) is 0 Å². The first kappa shape index (κ1) is 15.6. The van der Waals surface area contributed by atoms with Crippen molar-refractivity contribution in [3.63, 3.8) is 0 Å². The lowest BCUT2D eigenvalue weighted by atomic mass is 9.76. The first-order chi connectivity index (χ1) is 8.93. The number of aromatic nitrogens is 1. The number of nitrogens with two attached hydrogens (primary N) is 1. The summed E-state index contributed by atoms with van der Waals surface area (Å²) in [6, 6.07) is 5.47. The van der Waals surface area contributed by atoms with Crippen molar-refractivity contribution >= 4 is 11.7 Å². The van der Waals surface area contributed by atoms with Crippen molar-refractivity contribution in [1.29, 1.82) is 0 Å². The second-order valence-corrected chi connectivity index (χ2v) is 5.94. The molecular weight excluding hydrogens is 238 g/mol. The average Bonchev–Trinajstić information content (AvgIpc) is 2.34. The molecule has 0 radical (unpaired) electrons. The highest BCUT2D eigenvalue weighted by molar-refractivity contribution is 5.89. The van der Waals surface area contributed by atoms with Crippen LogP contribution < -0.4 is 11.1 Å². The van der Waals surface area contributed by atoms with Crippen molar-refractivity contribution < 1.29 is 4.79 Å². The molecule has 0 saturated carbocycles. The fourth-order valence-corrected chi connectivity index (χ4v) is 2.16. The Hall–Kier alpha value is -1.42. The normalized spacial score (nSPS) is 13.1. The zero-order valence-electron chi connectivity index (χ0n) is 12.1. The van der Waals surface area contributed by atoms with Crippen LogP contribution in [0.25, 0.3) is 0 Å². The van der Waals surface area contributed by atoms with E-state index in [1.807, 2.05) is 12.1 Å². The standard InChI is InChI=1S/C15H25N3O/c1-15(2,3)12(9-10-16)7-8-14(19)18-13-6-4-5-11-17-13/h4-6,11-12H,7-10,16H2,1-3H3,(H,17,18,19). The van der Waals surface area contributed by atoms with Crippen molar-refractivity contribution in [2.24, 2.45) is 17.1 Å². The van der Waals surface area contributed by atoms with Crippen LogP contribution in [0.5, 0.6) is 0 Å². The molecule has 1 heterocycles. The largest absolute Gasteiger partial charge is 0.330 e. The topological polar surface area (TPSA) is 68.0 Å². The Morgan fingerprint density at radius 1 is 1.37 bits per heavy atom. The fourth-order valence-electron chi connectivity index (χ4n) is 2.16. The summed E-state index contributed by atoms with van der Waals surface area (Å²) >= 11 is 0. The molecule has 1 atom stereocenters. The Morgan fingerprint density at radius 2 is 2.11 bits per heavy atom. The summed E-state index contributed by atoms with van der Waals surface area (Å²) in [7, 11) is 0. The van der Waals surface area contributed by atoms with Gasteiger partial charge in [0.1, 0.15) is 5.82 Å². The number of amides is 1. The minimum Gasteiger partial charge on any atom is -0.330 e. The Labute approximate surface area is 115 Å². The van der Waals surface area contributed by atoms with Crippen molar-refractivity contribution in [3.05, 3.63) is 24.4 Å². The van der Waals surface area contributed by atoms with Crippen LogP contribution in [0.4, 0.5) is 5.82 Å². The van der Waals surface area contributed by atoms with Crippen molar-refractivity contribution in [3.8, 4) is 0 Å². The molecule has 4 nitrogen and oxygen atoms in total. The SMILES string of the molecule is CC(C)(C)C(CCN)CCC(=O)Nc1ccccn1. The van der Waals surface area contributed by atoms with Gasteiger partial charge in [0.05, 0.1) is 0 Å². The van der Waals surface area contributed by atoms with Crippen molar-refractivity contribution in [2.75, 3.05) is 11.9 Å². The van der Waals surface area contributed by atoms with Crippen LogP contribution in [0.1, 0.15) is 40.0 Å². The maximum atomic E-state index is 11.9. The number of carbonyl (C=O) groups excluding carboxylic acids is 1. The predicted molar refractivity (Wildman–Crippen MR) is 78.7 cm³/mol. The van der Waals surface area contributed by atoms with Crippen LogP contribution in [0.3, 0.4) is 0 Å². The Balaban J connectivity index is 2.44. The van der Waals surface area contributed by atoms with E-state index in [0.717, 1.165) is 12.8 Å². The maximum absolute atomic E-state index is 11.9. The van der Waals surface area contributed by atoms with Gasteiger partial charge in [-0.05, 0) is 42.9 Å². The highest BCUT2D eigenvalue weighted by Gasteiger charge is 2.24. The van der Waals surface area contributed by atoms with E-state index >= 15 is 0 Å². The van der Waals surface area contributed by atoms with Gasteiger partial charge in [-0.25, -0.2) is 4.98 Å². The van der Waals surface area contributed by atoms with Crippen LogP contribution in [0.2, 0.25) is 0 Å². The molecule has 0 fully saturated rings. The van der Waals surface area contributed by atoms with Gasteiger partial charge in [-0.1, -0.05) is 26.8 Å². The van der Waals surface area contributed by atoms with Gasteiger partial charge in [0.15, 0.2) is 0 Å². The third-order valence-electron chi connectivity index (χ3n) is 3.39. The quantitative estimate of drug-likeness (QED) is 0.829. The molecule has 1 unspecified atom stereocenters. The number of hydrogen-bond acceptors (Lipinski definition) is 3. The summed E-state index contributed by atoms with van der Waals surface area (Å²) in [5.74, 6) is 1.09. The number of nitrogens with zero attached hydrogens (tertiary/aromatic N) is 1. The number of carbonyl (C=O) groups is 1. The highest BCUT2D eigenvalue weighted by atomic mass is 16.1. The first-order valence-electron chi connectivity index (χ1n) is 6.84. The third-order valence-corrected chi connectivity index (χ3v) is 3.39. The number of pyridine rings is 1. The minimum absolute atomic E-state index is 0.0185. The molecule has 106 valence electrons. The lowest BCUT2D eigenvalue weighted by Crippen LogP contribution is -2.25. The van der Waals surface area contributed by atoms with E-state index in [9.17, 15) is 4.79 Å². The lowest BCUT2D eigenvalue weighted by molar-refractivity contribution is -0.116. The molecule has 0 aliphatic carbocycles. The predicted octanol–water partition coefficient (Wildman–Crippen LogP) is 2.81. The third kappa shape index (κ3) is 5.83. The Kier molecular flexibility index (Phi) is 5.96. The molecule has 0 spiro atoms. The van der Waals surface area contributed by atoms with Gasteiger partial charge in [-0.2, -0.15) is 0 Å². The minimum atomic E-state index is 0.0185. The number of anilines is 1. The zero-order valence-corrected chi connectivity index (χ0v) is 12.1. The van der Waals surface area contributed by atoms with Crippen molar-refractivity contribution in [1.82, 2.24) is 4.98 Å². The summed E-state index contributed by atoms with van der Waals surface area (Å²) in [6.45, 7) is 7.27. The molecule has 4 heteroatoms. The number of hydrogen-bond donors (Lipinski definition) is 2. The van der Waals surface area contributed by atoms with Gasteiger partial charge < -0.3 is 11.1 Å². The Morgan fingerprint density at radius 3 is 2.63 bits per heavy atom. The number of nitrogens with one attached hydrogen (secondary N) is 1. The Bertz CT molecular complexity index is 384. The van der Waals surface area contributed by atoms with Gasteiger partial charge >= 0.3 is 0 Å². The van der Waals surface area contributed by atoms with E-state index in [-0.39, 0.29) is 11.3 Å². The van der Waals surface area contributed by atoms with E-state index in [0.29, 0.717) is 24.7 Å². The number of rotatable bonds is 6. The van der Waals surface area contributed by atoms with Crippen LogP contribution in [0.15, 0.2) is 24.4 Å². The zero-order chi connectivity index (χ0) is 14.3. The molecule has 1 rings (SSSR count). The van der Waals surface area contributed by atoms with E-state index in [1.54, 1.807) is 12.3 Å². The first-order valence-corrected chi connectivity index (χ1v) is 6.84. The molecule has 3 N–H and O–H groups in total. The monoisotopic (exact) mass is 263 g/mol. The average molecular weight is 263 g/mol. The van der Waals surface area contributed by atoms with Crippen LogP contribution in [-0.2, 0) is 4.79 Å². The van der Waals surface area contributed by atoms with Gasteiger partial charge in [0.2, 0.25) is 5.91 Å². The van der Waals surface area contributed by atoms with Crippen LogP contribution >= 0.6 is 0 Å². The molecule has 19 heavy (non-hydrogen) atoms. The van der Waals surface area contributed by atoms with Crippen LogP contribution in [0, 0.1) is 11.3 Å². The molecule has 0 saturated heterocycles. The highest BCUT2D eigenvalue weighted by Crippen LogP contribution is 2.32. The molecule has 0 bridgehead atoms. The van der Waals surface area contributed by atoms with Gasteiger partial charge in [0.25, 0.3) is 0 Å². The molecule has 0 aliphatic rings. The molecule has 1 amide bonds. The van der Waals surface area contributed by atoms with E-state index in [4.69, 9.17) is 5.73 Å².